The third kappa shape index (κ3) is 5.41. The molecule has 1 unspecified atom stereocenters. The summed E-state index contributed by atoms with van der Waals surface area (Å²) in [5.74, 6) is -0.274. The van der Waals surface area contributed by atoms with E-state index in [1.54, 1.807) is 31.2 Å². The molecule has 0 radical (unpaired) electrons. The predicted molar refractivity (Wildman–Crippen MR) is 101 cm³/mol. The normalized spacial score (nSPS) is 12.8. The fourth-order valence-electron chi connectivity index (χ4n) is 2.55. The van der Waals surface area contributed by atoms with Crippen LogP contribution in [0.4, 0.5) is 0 Å². The van der Waals surface area contributed by atoms with Crippen LogP contribution in [0.3, 0.4) is 0 Å². The fraction of sp³-hybridized carbons (Fsp3) is 0.350. The second kappa shape index (κ2) is 8.96. The van der Waals surface area contributed by atoms with E-state index < -0.39 is 22.0 Å². The van der Waals surface area contributed by atoms with Gasteiger partial charge in [0, 0.05) is 0 Å². The average molecular weight is 375 g/mol. The van der Waals surface area contributed by atoms with Crippen molar-refractivity contribution >= 4 is 16.0 Å². The fourth-order valence-corrected chi connectivity index (χ4v) is 3.74. The summed E-state index contributed by atoms with van der Waals surface area (Å²) in [6.07, 6.45) is 0.225. The van der Waals surface area contributed by atoms with Crippen molar-refractivity contribution in [2.24, 2.45) is 0 Å². The van der Waals surface area contributed by atoms with Crippen LogP contribution in [0, 0.1) is 0 Å². The molecule has 0 aromatic heterocycles. The molecule has 1 atom stereocenters. The Morgan fingerprint density at radius 3 is 2.19 bits per heavy atom. The topological polar surface area (TPSA) is 72.5 Å². The molecule has 140 valence electrons. The molecule has 6 heteroatoms. The zero-order valence-corrected chi connectivity index (χ0v) is 16.1. The largest absolute Gasteiger partial charge is 0.465 e. The van der Waals surface area contributed by atoms with E-state index in [0.717, 1.165) is 11.1 Å². The molecular weight excluding hydrogens is 350 g/mol. The van der Waals surface area contributed by atoms with Gasteiger partial charge in [0.1, 0.15) is 6.04 Å². The number of benzene rings is 2. The smallest absolute Gasteiger partial charge is 0.324 e. The number of ether oxygens (including phenoxy) is 1. The van der Waals surface area contributed by atoms with Crippen molar-refractivity contribution in [3.05, 3.63) is 65.7 Å². The maximum Gasteiger partial charge on any atom is 0.324 e. The van der Waals surface area contributed by atoms with Gasteiger partial charge in [-0.1, -0.05) is 56.3 Å². The van der Waals surface area contributed by atoms with Crippen LogP contribution in [-0.4, -0.2) is 27.0 Å². The Labute approximate surface area is 155 Å². The summed E-state index contributed by atoms with van der Waals surface area (Å²) < 4.78 is 32.9. The summed E-state index contributed by atoms with van der Waals surface area (Å²) in [4.78, 5) is 12.4. The molecule has 2 rings (SSSR count). The van der Waals surface area contributed by atoms with Gasteiger partial charge in [-0.2, -0.15) is 4.72 Å². The van der Waals surface area contributed by atoms with Gasteiger partial charge in [0.15, 0.2) is 0 Å². The number of sulfonamides is 1. The van der Waals surface area contributed by atoms with Crippen molar-refractivity contribution in [1.29, 1.82) is 0 Å². The summed E-state index contributed by atoms with van der Waals surface area (Å²) in [7, 11) is -3.84. The van der Waals surface area contributed by atoms with Crippen molar-refractivity contribution < 1.29 is 17.9 Å². The lowest BCUT2D eigenvalue weighted by Crippen LogP contribution is -2.43. The highest BCUT2D eigenvalue weighted by molar-refractivity contribution is 7.89. The van der Waals surface area contributed by atoms with E-state index in [-0.39, 0.29) is 17.9 Å². The molecule has 0 aliphatic carbocycles. The van der Waals surface area contributed by atoms with Gasteiger partial charge in [-0.05, 0) is 42.5 Å². The average Bonchev–Trinajstić information content (AvgIpc) is 2.62. The first kappa shape index (κ1) is 20.1. The maximum absolute atomic E-state index is 12.7. The number of nitrogens with one attached hydrogen (secondary N) is 1. The SMILES string of the molecule is CCOC(=O)C(Cc1ccccc1)NS(=O)(=O)c1ccc(C(C)C)cc1. The molecule has 0 aliphatic heterocycles. The molecule has 0 heterocycles. The molecule has 0 amide bonds. The van der Waals surface area contributed by atoms with Crippen LogP contribution in [0.5, 0.6) is 0 Å². The van der Waals surface area contributed by atoms with E-state index in [1.807, 2.05) is 44.2 Å². The van der Waals surface area contributed by atoms with Crippen LogP contribution >= 0.6 is 0 Å². The van der Waals surface area contributed by atoms with Gasteiger partial charge in [-0.15, -0.1) is 0 Å². The van der Waals surface area contributed by atoms with Gasteiger partial charge in [0.05, 0.1) is 11.5 Å². The molecule has 0 aliphatic rings. The van der Waals surface area contributed by atoms with Gasteiger partial charge >= 0.3 is 5.97 Å². The van der Waals surface area contributed by atoms with Gasteiger partial charge in [0.25, 0.3) is 0 Å². The third-order valence-corrected chi connectivity index (χ3v) is 5.50. The highest BCUT2D eigenvalue weighted by Gasteiger charge is 2.27. The van der Waals surface area contributed by atoms with Gasteiger partial charge in [-0.3, -0.25) is 4.79 Å². The van der Waals surface area contributed by atoms with Gasteiger partial charge < -0.3 is 4.74 Å². The Kier molecular flexibility index (Phi) is 6.94. The Morgan fingerprint density at radius 2 is 1.65 bits per heavy atom. The number of rotatable bonds is 8. The molecule has 0 saturated heterocycles. The first-order valence-corrected chi connectivity index (χ1v) is 10.1. The minimum atomic E-state index is -3.84. The van der Waals surface area contributed by atoms with E-state index in [4.69, 9.17) is 4.74 Å². The second-order valence-corrected chi connectivity index (χ2v) is 8.05. The number of carbonyl (C=O) groups is 1. The highest BCUT2D eigenvalue weighted by Crippen LogP contribution is 2.18. The summed E-state index contributed by atoms with van der Waals surface area (Å²) >= 11 is 0. The predicted octanol–water partition coefficient (Wildman–Crippen LogP) is 3.26. The van der Waals surface area contributed by atoms with Crippen LogP contribution in [-0.2, 0) is 26.0 Å². The number of carbonyl (C=O) groups excluding carboxylic acids is 1. The van der Waals surface area contributed by atoms with Crippen LogP contribution in [0.15, 0.2) is 59.5 Å². The van der Waals surface area contributed by atoms with Crippen LogP contribution in [0.25, 0.3) is 0 Å². The summed E-state index contributed by atoms with van der Waals surface area (Å²) in [6.45, 7) is 5.96. The summed E-state index contributed by atoms with van der Waals surface area (Å²) in [5.41, 5.74) is 1.90. The molecule has 5 nitrogen and oxygen atoms in total. The molecular formula is C20H25NO4S. The molecule has 0 saturated carbocycles. The van der Waals surface area contributed by atoms with E-state index in [2.05, 4.69) is 4.72 Å². The van der Waals surface area contributed by atoms with Crippen LogP contribution < -0.4 is 4.72 Å². The molecule has 1 N–H and O–H groups in total. The van der Waals surface area contributed by atoms with E-state index in [9.17, 15) is 13.2 Å². The lowest BCUT2D eigenvalue weighted by atomic mass is 10.0. The summed E-state index contributed by atoms with van der Waals surface area (Å²) in [6, 6.07) is 15.0. The van der Waals surface area contributed by atoms with Crippen molar-refractivity contribution in [2.45, 2.75) is 44.0 Å². The minimum Gasteiger partial charge on any atom is -0.465 e. The molecule has 2 aromatic carbocycles. The second-order valence-electron chi connectivity index (χ2n) is 6.34. The molecule has 0 fully saturated rings. The van der Waals surface area contributed by atoms with Crippen molar-refractivity contribution in [2.75, 3.05) is 6.61 Å². The Bertz CT molecular complexity index is 815. The van der Waals surface area contributed by atoms with Crippen LogP contribution in [0.1, 0.15) is 37.8 Å². The summed E-state index contributed by atoms with van der Waals surface area (Å²) in [5, 5.41) is 0. The van der Waals surface area contributed by atoms with Gasteiger partial charge in [-0.25, -0.2) is 8.42 Å². The number of hydrogen-bond donors (Lipinski definition) is 1. The Morgan fingerprint density at radius 1 is 1.04 bits per heavy atom. The van der Waals surface area contributed by atoms with E-state index in [0.29, 0.717) is 5.92 Å². The third-order valence-electron chi connectivity index (χ3n) is 4.01. The highest BCUT2D eigenvalue weighted by atomic mass is 32.2. The quantitative estimate of drug-likeness (QED) is 0.719. The van der Waals surface area contributed by atoms with Gasteiger partial charge in [0.2, 0.25) is 10.0 Å². The standard InChI is InChI=1S/C20H25NO4S/c1-4-25-20(22)19(14-16-8-6-5-7-9-16)21-26(23,24)18-12-10-17(11-13-18)15(2)3/h5-13,15,19,21H,4,14H2,1-3H3. The molecule has 0 bridgehead atoms. The molecule has 26 heavy (non-hydrogen) atoms. The van der Waals surface area contributed by atoms with Crippen molar-refractivity contribution in [3.8, 4) is 0 Å². The zero-order valence-electron chi connectivity index (χ0n) is 15.3. The lowest BCUT2D eigenvalue weighted by molar-refractivity contribution is -0.145. The monoisotopic (exact) mass is 375 g/mol. The Hall–Kier alpha value is -2.18. The lowest BCUT2D eigenvalue weighted by Gasteiger charge is -2.18. The molecule has 0 spiro atoms. The molecule has 2 aromatic rings. The first-order valence-electron chi connectivity index (χ1n) is 8.66. The maximum atomic E-state index is 12.7. The number of hydrogen-bond acceptors (Lipinski definition) is 4. The van der Waals surface area contributed by atoms with Crippen LogP contribution in [0.2, 0.25) is 0 Å². The van der Waals surface area contributed by atoms with Crippen molar-refractivity contribution in [3.63, 3.8) is 0 Å². The first-order chi connectivity index (χ1) is 12.3. The van der Waals surface area contributed by atoms with E-state index in [1.165, 1.54) is 0 Å². The van der Waals surface area contributed by atoms with Crippen molar-refractivity contribution in [1.82, 2.24) is 4.72 Å². The zero-order chi connectivity index (χ0) is 19.2. The minimum absolute atomic E-state index is 0.129. The number of esters is 1. The Balaban J connectivity index is 2.23. The van der Waals surface area contributed by atoms with E-state index >= 15 is 0 Å².